The Bertz CT molecular complexity index is 1370. The van der Waals surface area contributed by atoms with Crippen molar-refractivity contribution in [2.45, 2.75) is 32.1 Å². The molecule has 2 aromatic heterocycles. The topological polar surface area (TPSA) is 66.8 Å². The predicted molar refractivity (Wildman–Crippen MR) is 123 cm³/mol. The van der Waals surface area contributed by atoms with Crippen LogP contribution in [-0.4, -0.2) is 25.7 Å². The molecule has 3 atom stereocenters. The van der Waals surface area contributed by atoms with Crippen LogP contribution in [0, 0.1) is 11.7 Å². The molecule has 34 heavy (non-hydrogen) atoms. The minimum Gasteiger partial charge on any atom is -0.345 e. The second-order valence-electron chi connectivity index (χ2n) is 8.25. The van der Waals surface area contributed by atoms with Gasteiger partial charge in [0.1, 0.15) is 5.82 Å². The third-order valence-electron chi connectivity index (χ3n) is 6.13. The first-order valence-corrected chi connectivity index (χ1v) is 11.2. The zero-order chi connectivity index (χ0) is 24.2. The van der Waals surface area contributed by atoms with E-state index in [-0.39, 0.29) is 21.7 Å². The van der Waals surface area contributed by atoms with Gasteiger partial charge in [-0.05, 0) is 47.6 Å². The van der Waals surface area contributed by atoms with Crippen LogP contribution in [0.2, 0.25) is 0 Å². The average Bonchev–Trinajstić information content (AvgIpc) is 3.45. The number of H-pyrrole nitrogens is 1. The highest BCUT2D eigenvalue weighted by Crippen LogP contribution is 2.47. The van der Waals surface area contributed by atoms with Crippen molar-refractivity contribution in [1.29, 1.82) is 0 Å². The van der Waals surface area contributed by atoms with Crippen LogP contribution in [-0.2, 0) is 11.1 Å². The van der Waals surface area contributed by atoms with Crippen LogP contribution in [0.5, 0.6) is 0 Å². The summed E-state index contributed by atoms with van der Waals surface area (Å²) in [5.74, 6) is -1.08. The summed E-state index contributed by atoms with van der Waals surface area (Å²) >= 11 is 0. The molecular weight excluding hydrogens is 469 g/mol. The van der Waals surface area contributed by atoms with Crippen molar-refractivity contribution in [3.63, 3.8) is 0 Å². The molecule has 3 heterocycles. The lowest BCUT2D eigenvalue weighted by Crippen LogP contribution is -2.56. The average molecular weight is 489 g/mol. The summed E-state index contributed by atoms with van der Waals surface area (Å²) in [6, 6.07) is 7.63. The number of carbonyl (C=O) groups is 1. The van der Waals surface area contributed by atoms with Gasteiger partial charge in [0.15, 0.2) is 0 Å². The molecule has 6 nitrogen and oxygen atoms in total. The van der Waals surface area contributed by atoms with Crippen LogP contribution in [0.3, 0.4) is 0 Å². The Kier molecular flexibility index (Phi) is 5.43. The van der Waals surface area contributed by atoms with Gasteiger partial charge in [0.25, 0.3) is 0 Å². The number of carbonyl (C=O) groups excluding carboxylic acids is 1. The molecule has 4 aromatic rings. The number of halogens is 4. The largest absolute Gasteiger partial charge is 0.504 e. The number of nitrogens with zero attached hydrogens (tertiary/aromatic N) is 4. The number of aromatic amines is 1. The van der Waals surface area contributed by atoms with Gasteiger partial charge in [-0.25, -0.2) is 9.37 Å². The number of alkyl halides is 3. The third-order valence-corrected chi connectivity index (χ3v) is 6.61. The molecule has 1 saturated heterocycles. The van der Waals surface area contributed by atoms with Crippen molar-refractivity contribution >= 4 is 37.2 Å². The highest BCUT2D eigenvalue weighted by Gasteiger charge is 2.49. The summed E-state index contributed by atoms with van der Waals surface area (Å²) in [6.45, 7) is 1.96. The number of fused-ring (bicyclic) bond motifs is 1. The second-order valence-corrected chi connectivity index (χ2v) is 8.88. The number of β-lactam (4-membered cyclic amide) rings is 1. The van der Waals surface area contributed by atoms with Crippen LogP contribution >= 0.6 is 9.24 Å². The SMILES string of the molecule is CCC[C@H]1C(=O)N(c2ccc3nc[nH]c3c2)[C@H]1c1c(F)cc(-c2cnn(C(F)(F)F)c2)cc1P. The zero-order valence-electron chi connectivity index (χ0n) is 18.0. The first-order valence-electron chi connectivity index (χ1n) is 10.7. The molecule has 1 fully saturated rings. The van der Waals surface area contributed by atoms with E-state index in [4.69, 9.17) is 0 Å². The maximum absolute atomic E-state index is 15.5. The van der Waals surface area contributed by atoms with E-state index in [2.05, 4.69) is 24.3 Å². The first kappa shape index (κ1) is 22.5. The standard InChI is InChI=1S/C23H20F4N5OP/c1-2-3-15-21(32(22(15)33)14-4-5-17-18(8-14)29-11-28-17)20-16(24)6-12(7-19(20)34)13-9-30-31(10-13)23(25,26)27/h4-11,15,21H,2-3,34H2,1H3,(H,28,29)/t15-,21-/m1/s1. The monoisotopic (exact) mass is 489 g/mol. The van der Waals surface area contributed by atoms with Crippen LogP contribution in [0.4, 0.5) is 23.2 Å². The van der Waals surface area contributed by atoms with E-state index < -0.39 is 24.1 Å². The molecule has 1 unspecified atom stereocenters. The van der Waals surface area contributed by atoms with Crippen molar-refractivity contribution in [1.82, 2.24) is 19.7 Å². The number of hydrogen-bond donors (Lipinski definition) is 1. The lowest BCUT2D eigenvalue weighted by atomic mass is 9.78. The van der Waals surface area contributed by atoms with E-state index in [9.17, 15) is 18.0 Å². The molecule has 5 rings (SSSR count). The minimum atomic E-state index is -4.66. The van der Waals surface area contributed by atoms with Crippen LogP contribution in [0.15, 0.2) is 49.1 Å². The number of hydrogen-bond acceptors (Lipinski definition) is 3. The number of amides is 1. The minimum absolute atomic E-state index is 0.0926. The van der Waals surface area contributed by atoms with Gasteiger partial charge in [0.2, 0.25) is 5.91 Å². The van der Waals surface area contributed by atoms with Crippen LogP contribution in [0.25, 0.3) is 22.2 Å². The Morgan fingerprint density at radius 3 is 2.65 bits per heavy atom. The first-order chi connectivity index (χ1) is 16.2. The molecule has 1 N–H and O–H groups in total. The molecule has 1 aliphatic heterocycles. The van der Waals surface area contributed by atoms with Gasteiger partial charge >= 0.3 is 6.30 Å². The molecule has 1 amide bonds. The molecule has 11 heteroatoms. The van der Waals surface area contributed by atoms with Gasteiger partial charge in [0.05, 0.1) is 35.5 Å². The molecule has 0 spiro atoms. The van der Waals surface area contributed by atoms with Gasteiger partial charge in [-0.15, -0.1) is 22.4 Å². The number of nitrogens with one attached hydrogen (secondary N) is 1. The molecule has 0 aliphatic carbocycles. The maximum Gasteiger partial charge on any atom is 0.504 e. The smallest absolute Gasteiger partial charge is 0.345 e. The number of rotatable bonds is 5. The van der Waals surface area contributed by atoms with Crippen molar-refractivity contribution in [3.05, 3.63) is 60.4 Å². The van der Waals surface area contributed by atoms with Gasteiger partial charge in [-0.3, -0.25) is 4.79 Å². The molecule has 0 saturated carbocycles. The predicted octanol–water partition coefficient (Wildman–Crippen LogP) is 5.05. The quantitative estimate of drug-likeness (QED) is 0.243. The summed E-state index contributed by atoms with van der Waals surface area (Å²) in [6.07, 6.45) is 0.112. The lowest BCUT2D eigenvalue weighted by molar-refractivity contribution is -0.212. The summed E-state index contributed by atoms with van der Waals surface area (Å²) in [4.78, 5) is 21.9. The van der Waals surface area contributed by atoms with E-state index in [0.717, 1.165) is 29.8 Å². The normalized spacial score (nSPS) is 18.5. The van der Waals surface area contributed by atoms with Gasteiger partial charge in [0, 0.05) is 23.0 Å². The molecule has 0 bridgehead atoms. The van der Waals surface area contributed by atoms with Crippen LogP contribution < -0.4 is 10.2 Å². The fourth-order valence-electron chi connectivity index (χ4n) is 4.56. The second kappa shape index (κ2) is 8.20. The summed E-state index contributed by atoms with van der Waals surface area (Å²) in [5, 5.41) is 3.80. The third kappa shape index (κ3) is 3.66. The Morgan fingerprint density at radius 2 is 1.97 bits per heavy atom. The molecule has 2 aromatic carbocycles. The Balaban J connectivity index is 1.55. The summed E-state index contributed by atoms with van der Waals surface area (Å²) in [7, 11) is 2.46. The van der Waals surface area contributed by atoms with Gasteiger partial charge in [-0.1, -0.05) is 13.3 Å². The highest BCUT2D eigenvalue weighted by atomic mass is 31.0. The Hall–Kier alpha value is -3.26. The van der Waals surface area contributed by atoms with Crippen molar-refractivity contribution in [2.24, 2.45) is 5.92 Å². The lowest BCUT2D eigenvalue weighted by Gasteiger charge is -2.48. The van der Waals surface area contributed by atoms with E-state index in [0.29, 0.717) is 23.0 Å². The van der Waals surface area contributed by atoms with Gasteiger partial charge < -0.3 is 9.88 Å². The number of imidazole rings is 1. The number of benzene rings is 2. The summed E-state index contributed by atoms with van der Waals surface area (Å²) < 4.78 is 54.1. The Labute approximate surface area is 194 Å². The highest BCUT2D eigenvalue weighted by molar-refractivity contribution is 7.27. The van der Waals surface area contributed by atoms with E-state index >= 15 is 4.39 Å². The summed E-state index contributed by atoms with van der Waals surface area (Å²) in [5.41, 5.74) is 2.87. The van der Waals surface area contributed by atoms with E-state index in [1.54, 1.807) is 35.5 Å². The zero-order valence-corrected chi connectivity index (χ0v) is 19.1. The fourth-order valence-corrected chi connectivity index (χ4v) is 5.05. The van der Waals surface area contributed by atoms with Crippen molar-refractivity contribution in [2.75, 3.05) is 4.90 Å². The van der Waals surface area contributed by atoms with Gasteiger partial charge in [-0.2, -0.15) is 9.78 Å². The maximum atomic E-state index is 15.5. The molecule has 0 radical (unpaired) electrons. The van der Waals surface area contributed by atoms with E-state index in [1.807, 2.05) is 6.92 Å². The molecule has 1 aliphatic rings. The molecular formula is C23H20F4N5OP. The van der Waals surface area contributed by atoms with Crippen LogP contribution in [0.1, 0.15) is 31.4 Å². The van der Waals surface area contributed by atoms with E-state index in [1.165, 1.54) is 6.07 Å². The molecule has 176 valence electrons. The van der Waals surface area contributed by atoms with Crippen molar-refractivity contribution in [3.8, 4) is 11.1 Å². The number of aromatic nitrogens is 4. The Morgan fingerprint density at radius 1 is 1.18 bits per heavy atom. The van der Waals surface area contributed by atoms with Crippen molar-refractivity contribution < 1.29 is 22.4 Å². The fraction of sp³-hybridized carbons (Fsp3) is 0.261. The number of anilines is 1.